The maximum Gasteiger partial charge on any atom is 0.407 e. The second-order valence-corrected chi connectivity index (χ2v) is 11.6. The molecular weight excluding hydrogens is 544 g/mol. The number of pyridine rings is 2. The van der Waals surface area contributed by atoms with Gasteiger partial charge in [0.1, 0.15) is 5.82 Å². The quantitative estimate of drug-likeness (QED) is 0.335. The summed E-state index contributed by atoms with van der Waals surface area (Å²) in [6, 6.07) is 10.4. The third-order valence-corrected chi connectivity index (χ3v) is 8.77. The van der Waals surface area contributed by atoms with Crippen LogP contribution in [0.25, 0.3) is 11.1 Å². The maximum atomic E-state index is 13.8. The van der Waals surface area contributed by atoms with Crippen LogP contribution in [0.5, 0.6) is 0 Å². The number of piperazine rings is 1. The zero-order valence-electron chi connectivity index (χ0n) is 25.6. The Bertz CT molecular complexity index is 1540. The Hall–Kier alpha value is -4.34. The molecule has 0 bridgehead atoms. The summed E-state index contributed by atoms with van der Waals surface area (Å²) in [6.45, 7) is 11.4. The molecule has 10 nitrogen and oxygen atoms in total. The van der Waals surface area contributed by atoms with Crippen molar-refractivity contribution in [3.05, 3.63) is 74.8 Å². The third-order valence-electron chi connectivity index (χ3n) is 8.77. The number of carboxylic acid groups (broad SMARTS) is 1. The molecule has 2 aromatic heterocycles. The molecule has 5 rings (SSSR count). The summed E-state index contributed by atoms with van der Waals surface area (Å²) in [4.78, 5) is 51.3. The van der Waals surface area contributed by atoms with Crippen molar-refractivity contribution in [1.29, 1.82) is 0 Å². The molecular formula is C33H42N6O4. The van der Waals surface area contributed by atoms with E-state index in [0.29, 0.717) is 43.3 Å². The van der Waals surface area contributed by atoms with E-state index in [1.54, 1.807) is 0 Å². The number of anilines is 2. The molecule has 2 amide bonds. The molecule has 1 unspecified atom stereocenters. The van der Waals surface area contributed by atoms with Crippen LogP contribution in [0.3, 0.4) is 0 Å². The number of aryl methyl sites for hydroxylation is 2. The van der Waals surface area contributed by atoms with E-state index >= 15 is 0 Å². The van der Waals surface area contributed by atoms with Gasteiger partial charge >= 0.3 is 6.09 Å². The highest BCUT2D eigenvalue weighted by Crippen LogP contribution is 2.37. The number of aromatic nitrogens is 2. The molecule has 0 aliphatic carbocycles. The summed E-state index contributed by atoms with van der Waals surface area (Å²) in [5.41, 5.74) is 6.81. The van der Waals surface area contributed by atoms with Crippen LogP contribution in [-0.4, -0.2) is 70.7 Å². The predicted molar refractivity (Wildman–Crippen MR) is 169 cm³/mol. The zero-order valence-corrected chi connectivity index (χ0v) is 25.6. The minimum Gasteiger partial charge on any atom is -0.465 e. The van der Waals surface area contributed by atoms with E-state index in [0.717, 1.165) is 71.7 Å². The standard InChI is InChI=1S/C33H42N6O4/c1-5-7-23-16-21(3)36-32(41)28(23)20-35-31(40)27-17-25(18-29-26(27)10-11-39(29)22(4)6-2)24-8-9-30(34-19-24)37-12-14-38(15-13-37)33(42)43/h8-9,16-19,22H,5-7,10-15,20H2,1-4H3,(H,35,40)(H,36,41)(H,42,43). The highest BCUT2D eigenvalue weighted by atomic mass is 16.4. The van der Waals surface area contributed by atoms with E-state index in [4.69, 9.17) is 4.98 Å². The van der Waals surface area contributed by atoms with Crippen molar-refractivity contribution in [2.45, 2.75) is 66.0 Å². The number of aromatic amines is 1. The first kappa shape index (κ1) is 30.1. The van der Waals surface area contributed by atoms with Gasteiger partial charge in [0.15, 0.2) is 0 Å². The molecule has 0 saturated carbocycles. The monoisotopic (exact) mass is 586 g/mol. The smallest absolute Gasteiger partial charge is 0.407 e. The Labute approximate surface area is 252 Å². The molecule has 43 heavy (non-hydrogen) atoms. The van der Waals surface area contributed by atoms with Gasteiger partial charge < -0.3 is 30.1 Å². The van der Waals surface area contributed by atoms with Crippen LogP contribution in [0.4, 0.5) is 16.3 Å². The minimum absolute atomic E-state index is 0.152. The Morgan fingerprint density at radius 1 is 1.07 bits per heavy atom. The van der Waals surface area contributed by atoms with Gasteiger partial charge in [0.05, 0.1) is 0 Å². The Balaban J connectivity index is 1.43. The van der Waals surface area contributed by atoms with Crippen molar-refractivity contribution in [3.8, 4) is 11.1 Å². The molecule has 2 aliphatic rings. The first-order chi connectivity index (χ1) is 20.7. The lowest BCUT2D eigenvalue weighted by Crippen LogP contribution is -2.48. The Morgan fingerprint density at radius 2 is 1.84 bits per heavy atom. The maximum absolute atomic E-state index is 13.8. The first-order valence-electron chi connectivity index (χ1n) is 15.3. The largest absolute Gasteiger partial charge is 0.465 e. The van der Waals surface area contributed by atoms with Gasteiger partial charge in [-0.15, -0.1) is 0 Å². The van der Waals surface area contributed by atoms with Crippen molar-refractivity contribution in [2.24, 2.45) is 0 Å². The van der Waals surface area contributed by atoms with Gasteiger partial charge in [-0.3, -0.25) is 9.59 Å². The van der Waals surface area contributed by atoms with E-state index in [1.165, 1.54) is 4.90 Å². The van der Waals surface area contributed by atoms with Crippen LogP contribution in [0, 0.1) is 6.92 Å². The van der Waals surface area contributed by atoms with E-state index in [-0.39, 0.29) is 18.0 Å². The molecule has 1 aromatic carbocycles. The van der Waals surface area contributed by atoms with Crippen LogP contribution in [-0.2, 0) is 19.4 Å². The van der Waals surface area contributed by atoms with Crippen molar-refractivity contribution in [2.75, 3.05) is 42.5 Å². The van der Waals surface area contributed by atoms with Crippen LogP contribution >= 0.6 is 0 Å². The summed E-state index contributed by atoms with van der Waals surface area (Å²) in [6.07, 6.45) is 4.41. The lowest BCUT2D eigenvalue weighted by atomic mass is 9.97. The number of fused-ring (bicyclic) bond motifs is 1. The molecule has 0 radical (unpaired) electrons. The summed E-state index contributed by atoms with van der Waals surface area (Å²) >= 11 is 0. The molecule has 4 heterocycles. The summed E-state index contributed by atoms with van der Waals surface area (Å²) < 4.78 is 0. The lowest BCUT2D eigenvalue weighted by Gasteiger charge is -2.33. The van der Waals surface area contributed by atoms with Gasteiger partial charge in [0, 0.05) is 79.6 Å². The predicted octanol–water partition coefficient (Wildman–Crippen LogP) is 4.59. The van der Waals surface area contributed by atoms with Gasteiger partial charge in [-0.1, -0.05) is 20.3 Å². The summed E-state index contributed by atoms with van der Waals surface area (Å²) in [5, 5.41) is 12.3. The summed E-state index contributed by atoms with van der Waals surface area (Å²) in [5.74, 6) is 0.618. The van der Waals surface area contributed by atoms with Crippen molar-refractivity contribution in [1.82, 2.24) is 20.2 Å². The molecule has 10 heteroatoms. The number of hydrogen-bond acceptors (Lipinski definition) is 6. The van der Waals surface area contributed by atoms with Crippen LogP contribution in [0.2, 0.25) is 0 Å². The van der Waals surface area contributed by atoms with Gasteiger partial charge in [-0.2, -0.15) is 0 Å². The second-order valence-electron chi connectivity index (χ2n) is 11.6. The topological polar surface area (TPSA) is 122 Å². The van der Waals surface area contributed by atoms with Gasteiger partial charge in [0.25, 0.3) is 11.5 Å². The first-order valence-corrected chi connectivity index (χ1v) is 15.3. The number of rotatable bonds is 9. The Morgan fingerprint density at radius 3 is 2.49 bits per heavy atom. The fourth-order valence-electron chi connectivity index (χ4n) is 6.18. The van der Waals surface area contributed by atoms with Crippen molar-refractivity contribution < 1.29 is 14.7 Å². The molecule has 1 saturated heterocycles. The third kappa shape index (κ3) is 6.38. The number of amides is 2. The molecule has 3 aromatic rings. The average Bonchev–Trinajstić information content (AvgIpc) is 3.44. The van der Waals surface area contributed by atoms with E-state index < -0.39 is 6.09 Å². The van der Waals surface area contributed by atoms with Gasteiger partial charge in [-0.05, 0) is 80.1 Å². The Kier molecular flexibility index (Phi) is 9.03. The number of carbonyl (C=O) groups is 2. The minimum atomic E-state index is -0.891. The summed E-state index contributed by atoms with van der Waals surface area (Å²) in [7, 11) is 0. The zero-order chi connectivity index (χ0) is 30.7. The molecule has 1 atom stereocenters. The number of carbonyl (C=O) groups excluding carboxylic acids is 1. The number of nitrogens with one attached hydrogen (secondary N) is 2. The van der Waals surface area contributed by atoms with Crippen molar-refractivity contribution >= 4 is 23.5 Å². The normalized spacial score (nSPS) is 15.4. The molecule has 228 valence electrons. The highest BCUT2D eigenvalue weighted by Gasteiger charge is 2.28. The van der Waals surface area contributed by atoms with E-state index in [9.17, 15) is 19.5 Å². The fourth-order valence-corrected chi connectivity index (χ4v) is 6.18. The number of H-pyrrole nitrogens is 1. The lowest BCUT2D eigenvalue weighted by molar-refractivity contribution is 0.0950. The number of hydrogen-bond donors (Lipinski definition) is 3. The molecule has 3 N–H and O–H groups in total. The number of nitrogens with zero attached hydrogens (tertiary/aromatic N) is 4. The van der Waals surface area contributed by atoms with Crippen LogP contribution in [0.1, 0.15) is 66.4 Å². The van der Waals surface area contributed by atoms with Crippen molar-refractivity contribution in [3.63, 3.8) is 0 Å². The SMILES string of the molecule is CCCc1cc(C)[nH]c(=O)c1CNC(=O)c1cc(-c2ccc(N3CCN(C(=O)O)CC3)nc2)cc2c1CCN2C(C)CC. The van der Waals surface area contributed by atoms with E-state index in [2.05, 4.69) is 46.9 Å². The van der Waals surface area contributed by atoms with Crippen LogP contribution < -0.4 is 20.7 Å². The number of benzene rings is 1. The molecule has 1 fully saturated rings. The molecule has 2 aliphatic heterocycles. The van der Waals surface area contributed by atoms with Gasteiger partial charge in [0.2, 0.25) is 0 Å². The molecule has 0 spiro atoms. The fraction of sp³-hybridized carbons (Fsp3) is 0.455. The van der Waals surface area contributed by atoms with E-state index in [1.807, 2.05) is 37.4 Å². The van der Waals surface area contributed by atoms with Crippen LogP contribution in [0.15, 0.2) is 41.3 Å². The second kappa shape index (κ2) is 12.9. The average molecular weight is 587 g/mol. The highest BCUT2D eigenvalue weighted by molar-refractivity contribution is 5.99. The van der Waals surface area contributed by atoms with Gasteiger partial charge in [-0.25, -0.2) is 9.78 Å².